The highest BCUT2D eigenvalue weighted by atomic mass is 16.6. The van der Waals surface area contributed by atoms with E-state index in [1.54, 1.807) is 9.80 Å². The first-order chi connectivity index (χ1) is 8.24. The Labute approximate surface area is 107 Å². The van der Waals surface area contributed by atoms with Crippen molar-refractivity contribution in [2.75, 3.05) is 19.6 Å². The zero-order chi connectivity index (χ0) is 13.9. The molecule has 1 unspecified atom stereocenters. The number of piperazine rings is 1. The van der Waals surface area contributed by atoms with Crippen molar-refractivity contribution in [3.8, 4) is 0 Å². The molecule has 1 heterocycles. The summed E-state index contributed by atoms with van der Waals surface area (Å²) in [5.74, 6) is 0.0747. The van der Waals surface area contributed by atoms with E-state index in [0.29, 0.717) is 19.6 Å². The Morgan fingerprint density at radius 1 is 1.44 bits per heavy atom. The van der Waals surface area contributed by atoms with E-state index in [4.69, 9.17) is 15.7 Å². The number of carbonyl (C=O) groups excluding carboxylic acids is 1. The van der Waals surface area contributed by atoms with E-state index in [2.05, 4.69) is 5.16 Å². The van der Waals surface area contributed by atoms with Gasteiger partial charge in [-0.25, -0.2) is 4.79 Å². The van der Waals surface area contributed by atoms with Crippen LogP contribution in [0.5, 0.6) is 0 Å². The van der Waals surface area contributed by atoms with Crippen LogP contribution in [0.2, 0.25) is 0 Å². The fourth-order valence-electron chi connectivity index (χ4n) is 1.82. The summed E-state index contributed by atoms with van der Waals surface area (Å²) in [6, 6.07) is -0.0473. The molecular weight excluding hydrogens is 236 g/mol. The first-order valence-electron chi connectivity index (χ1n) is 5.96. The van der Waals surface area contributed by atoms with Gasteiger partial charge in [-0.1, -0.05) is 5.16 Å². The van der Waals surface area contributed by atoms with E-state index in [9.17, 15) is 4.79 Å². The highest BCUT2D eigenvalue weighted by molar-refractivity contribution is 5.78. The summed E-state index contributed by atoms with van der Waals surface area (Å²) >= 11 is 0. The van der Waals surface area contributed by atoms with Crippen LogP contribution < -0.4 is 5.73 Å². The van der Waals surface area contributed by atoms with Gasteiger partial charge in [0.1, 0.15) is 5.60 Å². The van der Waals surface area contributed by atoms with E-state index in [1.165, 1.54) is 0 Å². The van der Waals surface area contributed by atoms with Gasteiger partial charge >= 0.3 is 6.09 Å². The molecule has 0 aromatic carbocycles. The number of hydrogen-bond acceptors (Lipinski definition) is 4. The van der Waals surface area contributed by atoms with Gasteiger partial charge in [0.25, 0.3) is 0 Å². The van der Waals surface area contributed by atoms with Gasteiger partial charge in [0, 0.05) is 25.7 Å². The van der Waals surface area contributed by atoms with Crippen molar-refractivity contribution in [2.24, 2.45) is 10.9 Å². The fourth-order valence-corrected chi connectivity index (χ4v) is 1.82. The van der Waals surface area contributed by atoms with Crippen molar-refractivity contribution >= 4 is 12.1 Å². The van der Waals surface area contributed by atoms with E-state index >= 15 is 0 Å². The lowest BCUT2D eigenvalue weighted by molar-refractivity contribution is 0.00744. The number of rotatable bonds is 0. The van der Waals surface area contributed by atoms with Crippen molar-refractivity contribution in [1.29, 1.82) is 0 Å². The standard InChI is InChI=1S/C11H22N4O3/c1-8-7-14(9(12)13-17)5-6-15(8)10(16)18-11(2,3)4/h8,17H,5-7H2,1-4H3,(H2,12,13). The van der Waals surface area contributed by atoms with Crippen LogP contribution in [0, 0.1) is 0 Å². The van der Waals surface area contributed by atoms with Gasteiger partial charge in [-0.05, 0) is 27.7 Å². The second-order valence-corrected chi connectivity index (χ2v) is 5.43. The molecule has 0 aliphatic carbocycles. The van der Waals surface area contributed by atoms with Crippen molar-refractivity contribution in [1.82, 2.24) is 9.80 Å². The molecule has 18 heavy (non-hydrogen) atoms. The average Bonchev–Trinajstić information content (AvgIpc) is 2.25. The van der Waals surface area contributed by atoms with Gasteiger partial charge < -0.3 is 25.5 Å². The number of oxime groups is 1. The summed E-state index contributed by atoms with van der Waals surface area (Å²) in [6.45, 7) is 8.95. The molecule has 0 aromatic rings. The second-order valence-electron chi connectivity index (χ2n) is 5.43. The van der Waals surface area contributed by atoms with Gasteiger partial charge in [0.2, 0.25) is 5.96 Å². The highest BCUT2D eigenvalue weighted by Crippen LogP contribution is 2.15. The van der Waals surface area contributed by atoms with Crippen molar-refractivity contribution in [3.05, 3.63) is 0 Å². The summed E-state index contributed by atoms with van der Waals surface area (Å²) in [5, 5.41) is 11.6. The van der Waals surface area contributed by atoms with Crippen LogP contribution in [0.3, 0.4) is 0 Å². The molecule has 0 aromatic heterocycles. The molecule has 1 aliphatic heterocycles. The summed E-state index contributed by atoms with van der Waals surface area (Å²) in [6.07, 6.45) is -0.325. The van der Waals surface area contributed by atoms with Crippen LogP contribution in [0.25, 0.3) is 0 Å². The summed E-state index contributed by atoms with van der Waals surface area (Å²) in [7, 11) is 0. The molecule has 7 heteroatoms. The van der Waals surface area contributed by atoms with Crippen LogP contribution >= 0.6 is 0 Å². The van der Waals surface area contributed by atoms with Crippen LogP contribution in [-0.2, 0) is 4.74 Å². The van der Waals surface area contributed by atoms with E-state index in [1.807, 2.05) is 27.7 Å². The lowest BCUT2D eigenvalue weighted by atomic mass is 10.2. The summed E-state index contributed by atoms with van der Waals surface area (Å²) in [5.41, 5.74) is 5.02. The topological polar surface area (TPSA) is 91.4 Å². The first-order valence-corrected chi connectivity index (χ1v) is 5.96. The molecule has 0 spiro atoms. The van der Waals surface area contributed by atoms with Gasteiger partial charge in [-0.15, -0.1) is 0 Å². The molecule has 3 N–H and O–H groups in total. The van der Waals surface area contributed by atoms with Crippen LogP contribution in [0.15, 0.2) is 5.16 Å². The van der Waals surface area contributed by atoms with Gasteiger partial charge in [0.15, 0.2) is 0 Å². The molecule has 0 radical (unpaired) electrons. The number of nitrogens with two attached hydrogens (primary N) is 1. The summed E-state index contributed by atoms with van der Waals surface area (Å²) in [4.78, 5) is 15.3. The summed E-state index contributed by atoms with van der Waals surface area (Å²) < 4.78 is 5.33. The molecule has 1 atom stereocenters. The smallest absolute Gasteiger partial charge is 0.410 e. The number of guanidine groups is 1. The Balaban J connectivity index is 2.60. The molecule has 1 fully saturated rings. The minimum absolute atomic E-state index is 0.0473. The molecule has 7 nitrogen and oxygen atoms in total. The maximum Gasteiger partial charge on any atom is 0.410 e. The second kappa shape index (κ2) is 5.32. The van der Waals surface area contributed by atoms with E-state index in [0.717, 1.165) is 0 Å². The van der Waals surface area contributed by atoms with Gasteiger partial charge in [-0.2, -0.15) is 0 Å². The third kappa shape index (κ3) is 3.68. The number of ether oxygens (including phenoxy) is 1. The normalized spacial score (nSPS) is 22.0. The quantitative estimate of drug-likeness (QED) is 0.288. The Kier molecular flexibility index (Phi) is 4.26. The van der Waals surface area contributed by atoms with Gasteiger partial charge in [-0.3, -0.25) is 0 Å². The lowest BCUT2D eigenvalue weighted by Crippen LogP contribution is -2.57. The average molecular weight is 258 g/mol. The zero-order valence-electron chi connectivity index (χ0n) is 11.4. The fraction of sp³-hybridized carbons (Fsp3) is 0.818. The zero-order valence-corrected chi connectivity index (χ0v) is 11.4. The van der Waals surface area contributed by atoms with E-state index in [-0.39, 0.29) is 18.1 Å². The SMILES string of the molecule is CC1CN(/C(N)=N\O)CCN1C(=O)OC(C)(C)C. The maximum absolute atomic E-state index is 11.9. The Morgan fingerprint density at radius 2 is 2.06 bits per heavy atom. The lowest BCUT2D eigenvalue weighted by Gasteiger charge is -2.40. The third-order valence-corrected chi connectivity index (χ3v) is 2.68. The molecule has 1 amide bonds. The monoisotopic (exact) mass is 258 g/mol. The van der Waals surface area contributed by atoms with Crippen LogP contribution in [-0.4, -0.2) is 58.3 Å². The van der Waals surface area contributed by atoms with Crippen molar-refractivity contribution < 1.29 is 14.7 Å². The number of hydrogen-bond donors (Lipinski definition) is 2. The number of amides is 1. The molecule has 1 saturated heterocycles. The predicted molar refractivity (Wildman–Crippen MR) is 67.4 cm³/mol. The molecule has 0 saturated carbocycles. The van der Waals surface area contributed by atoms with Crippen molar-refractivity contribution in [2.45, 2.75) is 39.3 Å². The minimum atomic E-state index is -0.500. The van der Waals surface area contributed by atoms with Gasteiger partial charge in [0.05, 0.1) is 0 Å². The Bertz CT molecular complexity index is 338. The minimum Gasteiger partial charge on any atom is -0.444 e. The Morgan fingerprint density at radius 3 is 2.50 bits per heavy atom. The molecule has 1 rings (SSSR count). The molecule has 104 valence electrons. The number of nitrogens with zero attached hydrogens (tertiary/aromatic N) is 3. The molecular formula is C11H22N4O3. The van der Waals surface area contributed by atoms with Crippen LogP contribution in [0.1, 0.15) is 27.7 Å². The predicted octanol–water partition coefficient (Wildman–Crippen LogP) is 0.631. The third-order valence-electron chi connectivity index (χ3n) is 2.68. The first kappa shape index (κ1) is 14.4. The number of carbonyl (C=O) groups is 1. The molecule has 1 aliphatic rings. The maximum atomic E-state index is 11.9. The van der Waals surface area contributed by atoms with Crippen LogP contribution in [0.4, 0.5) is 4.79 Å². The Hall–Kier alpha value is -1.66. The highest BCUT2D eigenvalue weighted by Gasteiger charge is 2.31. The van der Waals surface area contributed by atoms with Crippen molar-refractivity contribution in [3.63, 3.8) is 0 Å². The molecule has 0 bridgehead atoms. The largest absolute Gasteiger partial charge is 0.444 e. The van der Waals surface area contributed by atoms with E-state index < -0.39 is 5.60 Å².